The third-order valence-corrected chi connectivity index (χ3v) is 9.02. The molecule has 0 aliphatic carbocycles. The molecule has 0 aromatic carbocycles. The summed E-state index contributed by atoms with van der Waals surface area (Å²) in [5.74, 6) is 4.91. The van der Waals surface area contributed by atoms with Gasteiger partial charge in [-0.15, -0.1) is 13.2 Å². The van der Waals surface area contributed by atoms with Crippen molar-refractivity contribution in [2.24, 2.45) is 0 Å². The van der Waals surface area contributed by atoms with Gasteiger partial charge in [-0.05, 0) is 23.7 Å². The fraction of sp³-hybridized carbons (Fsp3) is 0.556. The van der Waals surface area contributed by atoms with E-state index in [1.54, 1.807) is 43.2 Å². The van der Waals surface area contributed by atoms with E-state index in [2.05, 4.69) is 27.0 Å². The van der Waals surface area contributed by atoms with Gasteiger partial charge < -0.3 is 0 Å². The van der Waals surface area contributed by atoms with E-state index in [1.807, 2.05) is 35.1 Å². The summed E-state index contributed by atoms with van der Waals surface area (Å²) in [5.41, 5.74) is 0. The Kier molecular flexibility index (Phi) is 28.5. The molecule has 0 rings (SSSR count). The van der Waals surface area contributed by atoms with Crippen LogP contribution in [0.1, 0.15) is 26.7 Å². The Hall–Kier alpha value is 0.660. The van der Waals surface area contributed by atoms with Crippen molar-refractivity contribution >= 4 is 64.8 Å². The topological polar surface area (TPSA) is 34.1 Å². The number of hydrogen-bond acceptors (Lipinski definition) is 6. The monoisotopic (exact) mass is 472 g/mol. The van der Waals surface area contributed by atoms with E-state index >= 15 is 0 Å². The second-order valence-electron chi connectivity index (χ2n) is 4.70. The van der Waals surface area contributed by atoms with Gasteiger partial charge in [0.05, 0.1) is 0 Å². The SMILES string of the molecule is C=CCSS/C=C/CS(=O)CCC.C=CCSS/C=C\CS(=O)CCC. The van der Waals surface area contributed by atoms with Gasteiger partial charge in [0.15, 0.2) is 0 Å². The van der Waals surface area contributed by atoms with Crippen LogP contribution in [-0.4, -0.2) is 42.9 Å². The van der Waals surface area contributed by atoms with Crippen LogP contribution in [0.5, 0.6) is 0 Å². The highest BCUT2D eigenvalue weighted by molar-refractivity contribution is 8.78. The Morgan fingerprint density at radius 3 is 1.46 bits per heavy atom. The first-order valence-electron chi connectivity index (χ1n) is 8.40. The smallest absolute Gasteiger partial charge is 0.0423 e. The van der Waals surface area contributed by atoms with Gasteiger partial charge in [0.1, 0.15) is 0 Å². The lowest BCUT2D eigenvalue weighted by Gasteiger charge is -1.93. The molecule has 0 amide bonds. The maximum absolute atomic E-state index is 11.2. The van der Waals surface area contributed by atoms with Crippen LogP contribution in [0.25, 0.3) is 0 Å². The average Bonchev–Trinajstić information content (AvgIpc) is 2.62. The van der Waals surface area contributed by atoms with E-state index in [1.165, 1.54) is 0 Å². The van der Waals surface area contributed by atoms with E-state index in [4.69, 9.17) is 0 Å². The van der Waals surface area contributed by atoms with Crippen molar-refractivity contribution in [1.82, 2.24) is 0 Å². The van der Waals surface area contributed by atoms with Gasteiger partial charge in [-0.3, -0.25) is 8.42 Å². The molecule has 0 saturated heterocycles. The second kappa shape index (κ2) is 25.7. The van der Waals surface area contributed by atoms with Crippen molar-refractivity contribution in [2.45, 2.75) is 26.7 Å². The molecular weight excluding hydrogens is 441 g/mol. The van der Waals surface area contributed by atoms with Gasteiger partial charge in [0, 0.05) is 56.1 Å². The maximum Gasteiger partial charge on any atom is 0.0423 e. The average molecular weight is 473 g/mol. The summed E-state index contributed by atoms with van der Waals surface area (Å²) in [4.78, 5) is 0. The summed E-state index contributed by atoms with van der Waals surface area (Å²) in [6.45, 7) is 11.4. The summed E-state index contributed by atoms with van der Waals surface area (Å²) < 4.78 is 22.3. The summed E-state index contributed by atoms with van der Waals surface area (Å²) in [6.07, 6.45) is 9.71. The van der Waals surface area contributed by atoms with Gasteiger partial charge in [-0.1, -0.05) is 81.3 Å². The molecule has 2 unspecified atom stereocenters. The standard InChI is InChI=1S/2C9H16OS3/c2*1-3-6-11-12-7-5-9-13(10)8-4-2/h2*3,5,7H,1,4,6,8-9H2,2H3/b7-5+;7-5-. The van der Waals surface area contributed by atoms with Crippen LogP contribution in [0.15, 0.2) is 48.3 Å². The molecular formula is C18H32O2S6. The molecule has 0 aliphatic rings. The lowest BCUT2D eigenvalue weighted by molar-refractivity contribution is 0.683. The molecule has 2 atom stereocenters. The fourth-order valence-corrected chi connectivity index (χ4v) is 6.20. The zero-order valence-electron chi connectivity index (χ0n) is 15.8. The molecule has 0 aromatic rings. The van der Waals surface area contributed by atoms with Crippen molar-refractivity contribution in [3.8, 4) is 0 Å². The van der Waals surface area contributed by atoms with Gasteiger partial charge in [-0.25, -0.2) is 0 Å². The van der Waals surface area contributed by atoms with Gasteiger partial charge in [0.2, 0.25) is 0 Å². The molecule has 8 heteroatoms. The number of rotatable bonds is 16. The summed E-state index contributed by atoms with van der Waals surface area (Å²) in [7, 11) is 5.49. The van der Waals surface area contributed by atoms with E-state index in [0.717, 1.165) is 35.9 Å². The van der Waals surface area contributed by atoms with Crippen molar-refractivity contribution in [3.05, 3.63) is 48.3 Å². The van der Waals surface area contributed by atoms with Crippen LogP contribution in [-0.2, 0) is 21.6 Å². The first-order chi connectivity index (χ1) is 12.6. The highest BCUT2D eigenvalue weighted by atomic mass is 33.1. The Balaban J connectivity index is 0. The van der Waals surface area contributed by atoms with E-state index in [-0.39, 0.29) is 0 Å². The molecule has 0 N–H and O–H groups in total. The molecule has 152 valence electrons. The van der Waals surface area contributed by atoms with Gasteiger partial charge in [-0.2, -0.15) is 0 Å². The molecule has 0 spiro atoms. The van der Waals surface area contributed by atoms with Crippen molar-refractivity contribution in [2.75, 3.05) is 34.5 Å². The highest BCUT2D eigenvalue weighted by Gasteiger charge is 1.93. The lowest BCUT2D eigenvalue weighted by Crippen LogP contribution is -1.98. The quantitative estimate of drug-likeness (QED) is 0.146. The van der Waals surface area contributed by atoms with Crippen LogP contribution in [0.2, 0.25) is 0 Å². The predicted octanol–water partition coefficient (Wildman–Crippen LogP) is 6.45. The van der Waals surface area contributed by atoms with Crippen LogP contribution < -0.4 is 0 Å². The molecule has 0 radical (unpaired) electrons. The minimum Gasteiger partial charge on any atom is -0.259 e. The number of hydrogen-bond donors (Lipinski definition) is 0. The molecule has 0 saturated carbocycles. The molecule has 0 fully saturated rings. The third kappa shape index (κ3) is 26.9. The van der Waals surface area contributed by atoms with Crippen LogP contribution in [0.3, 0.4) is 0 Å². The Morgan fingerprint density at radius 1 is 0.769 bits per heavy atom. The first-order valence-corrected chi connectivity index (χ1v) is 16.1. The van der Waals surface area contributed by atoms with E-state index in [0.29, 0.717) is 11.5 Å². The normalized spacial score (nSPS) is 13.3. The zero-order valence-corrected chi connectivity index (χ0v) is 20.7. The Morgan fingerprint density at radius 2 is 1.15 bits per heavy atom. The molecule has 2 nitrogen and oxygen atoms in total. The largest absolute Gasteiger partial charge is 0.259 e. The molecule has 0 aliphatic heterocycles. The molecule has 0 heterocycles. The summed E-state index contributed by atoms with van der Waals surface area (Å²) in [6, 6.07) is 0. The predicted molar refractivity (Wildman–Crippen MR) is 135 cm³/mol. The summed E-state index contributed by atoms with van der Waals surface area (Å²) in [5, 5.41) is 4.00. The van der Waals surface area contributed by atoms with E-state index in [9.17, 15) is 8.42 Å². The van der Waals surface area contributed by atoms with E-state index < -0.39 is 21.6 Å². The lowest BCUT2D eigenvalue weighted by atomic mass is 10.6. The fourth-order valence-electron chi connectivity index (χ4n) is 1.25. The maximum atomic E-state index is 11.2. The van der Waals surface area contributed by atoms with Crippen molar-refractivity contribution < 1.29 is 8.42 Å². The minimum atomic E-state index is -0.657. The Bertz CT molecular complexity index is 395. The van der Waals surface area contributed by atoms with Crippen molar-refractivity contribution in [3.63, 3.8) is 0 Å². The minimum absolute atomic E-state index is 0.657. The zero-order chi connectivity index (χ0) is 19.9. The molecule has 0 bridgehead atoms. The second-order valence-corrected chi connectivity index (χ2v) is 12.6. The van der Waals surface area contributed by atoms with Gasteiger partial charge in [0.25, 0.3) is 0 Å². The summed E-state index contributed by atoms with van der Waals surface area (Å²) >= 11 is 0. The van der Waals surface area contributed by atoms with Crippen LogP contribution >= 0.6 is 43.2 Å². The van der Waals surface area contributed by atoms with Gasteiger partial charge >= 0.3 is 0 Å². The van der Waals surface area contributed by atoms with Crippen molar-refractivity contribution in [1.29, 1.82) is 0 Å². The Labute approximate surface area is 181 Å². The highest BCUT2D eigenvalue weighted by Crippen LogP contribution is 2.22. The molecule has 0 aromatic heterocycles. The first kappa shape index (κ1) is 28.9. The van der Waals surface area contributed by atoms with Crippen LogP contribution in [0.4, 0.5) is 0 Å². The molecule has 26 heavy (non-hydrogen) atoms. The third-order valence-electron chi connectivity index (χ3n) is 2.24. The van der Waals surface area contributed by atoms with Crippen LogP contribution in [0, 0.1) is 0 Å².